The van der Waals surface area contributed by atoms with Crippen LogP contribution in [0.3, 0.4) is 0 Å². The van der Waals surface area contributed by atoms with E-state index in [4.69, 9.17) is 5.73 Å². The standard InChI is InChI=1S/C16H19NS/c1-13-4-2-3-5-15(13)12-18-16-8-6-14(7-9-16)10-11-17/h2-9H,10-12,17H2,1H3. The van der Waals surface area contributed by atoms with Gasteiger partial charge < -0.3 is 5.73 Å². The van der Waals surface area contributed by atoms with Gasteiger partial charge in [0.25, 0.3) is 0 Å². The number of thioether (sulfide) groups is 1. The lowest BCUT2D eigenvalue weighted by atomic mass is 10.1. The lowest BCUT2D eigenvalue weighted by Gasteiger charge is -2.06. The summed E-state index contributed by atoms with van der Waals surface area (Å²) in [4.78, 5) is 1.32. The number of hydrogen-bond donors (Lipinski definition) is 1. The highest BCUT2D eigenvalue weighted by Crippen LogP contribution is 2.24. The zero-order valence-electron chi connectivity index (χ0n) is 10.7. The summed E-state index contributed by atoms with van der Waals surface area (Å²) in [6, 6.07) is 17.3. The molecule has 18 heavy (non-hydrogen) atoms. The quantitative estimate of drug-likeness (QED) is 0.825. The Kier molecular flexibility index (Phi) is 4.85. The molecule has 0 aliphatic carbocycles. The van der Waals surface area contributed by atoms with Crippen LogP contribution in [0.5, 0.6) is 0 Å². The molecule has 0 spiro atoms. The topological polar surface area (TPSA) is 26.0 Å². The smallest absolute Gasteiger partial charge is 0.0234 e. The summed E-state index contributed by atoms with van der Waals surface area (Å²) in [7, 11) is 0. The summed E-state index contributed by atoms with van der Waals surface area (Å²) < 4.78 is 0. The Bertz CT molecular complexity index is 491. The van der Waals surface area contributed by atoms with Gasteiger partial charge in [-0.15, -0.1) is 11.8 Å². The second kappa shape index (κ2) is 6.62. The zero-order chi connectivity index (χ0) is 12.8. The summed E-state index contributed by atoms with van der Waals surface area (Å²) in [5.74, 6) is 1.03. The maximum absolute atomic E-state index is 5.54. The highest BCUT2D eigenvalue weighted by Gasteiger charge is 1.99. The fourth-order valence-electron chi connectivity index (χ4n) is 1.85. The molecular weight excluding hydrogens is 238 g/mol. The van der Waals surface area contributed by atoms with Crippen molar-refractivity contribution in [2.75, 3.05) is 6.54 Å². The third-order valence-electron chi connectivity index (χ3n) is 3.01. The Hall–Kier alpha value is -1.25. The van der Waals surface area contributed by atoms with Crippen LogP contribution in [-0.2, 0) is 12.2 Å². The van der Waals surface area contributed by atoms with Gasteiger partial charge >= 0.3 is 0 Å². The first-order chi connectivity index (χ1) is 8.79. The first-order valence-corrected chi connectivity index (χ1v) is 7.24. The Morgan fingerprint density at radius 1 is 1.00 bits per heavy atom. The predicted octanol–water partition coefficient (Wildman–Crippen LogP) is 3.79. The fourth-order valence-corrected chi connectivity index (χ4v) is 2.83. The van der Waals surface area contributed by atoms with Gasteiger partial charge in [-0.2, -0.15) is 0 Å². The van der Waals surface area contributed by atoms with Crippen LogP contribution in [0, 0.1) is 6.92 Å². The monoisotopic (exact) mass is 257 g/mol. The molecule has 1 nitrogen and oxygen atoms in total. The van der Waals surface area contributed by atoms with E-state index in [1.54, 1.807) is 0 Å². The van der Waals surface area contributed by atoms with Gasteiger partial charge in [0.2, 0.25) is 0 Å². The van der Waals surface area contributed by atoms with Crippen LogP contribution in [0.15, 0.2) is 53.4 Å². The molecular formula is C16H19NS. The minimum Gasteiger partial charge on any atom is -0.330 e. The van der Waals surface area contributed by atoms with E-state index in [0.717, 1.165) is 18.7 Å². The maximum atomic E-state index is 5.54. The highest BCUT2D eigenvalue weighted by molar-refractivity contribution is 7.98. The van der Waals surface area contributed by atoms with E-state index < -0.39 is 0 Å². The molecule has 2 aromatic carbocycles. The predicted molar refractivity (Wildman–Crippen MR) is 79.9 cm³/mol. The molecule has 0 fully saturated rings. The normalized spacial score (nSPS) is 10.6. The van der Waals surface area contributed by atoms with Crippen LogP contribution in [0.4, 0.5) is 0 Å². The number of hydrogen-bond acceptors (Lipinski definition) is 2. The molecule has 0 saturated heterocycles. The van der Waals surface area contributed by atoms with Gasteiger partial charge in [-0.1, -0.05) is 36.4 Å². The van der Waals surface area contributed by atoms with Crippen LogP contribution in [0.1, 0.15) is 16.7 Å². The Morgan fingerprint density at radius 2 is 1.72 bits per heavy atom. The van der Waals surface area contributed by atoms with E-state index in [1.807, 2.05) is 11.8 Å². The summed E-state index contributed by atoms with van der Waals surface area (Å²) in [6.07, 6.45) is 0.961. The van der Waals surface area contributed by atoms with Crippen LogP contribution >= 0.6 is 11.8 Å². The third kappa shape index (κ3) is 3.62. The first kappa shape index (κ1) is 13.2. The van der Waals surface area contributed by atoms with E-state index >= 15 is 0 Å². The summed E-state index contributed by atoms with van der Waals surface area (Å²) in [5.41, 5.74) is 9.64. The number of benzene rings is 2. The Labute approximate surface area is 113 Å². The van der Waals surface area contributed by atoms with Crippen molar-refractivity contribution < 1.29 is 0 Å². The second-order valence-electron chi connectivity index (χ2n) is 4.40. The van der Waals surface area contributed by atoms with Gasteiger partial charge in [-0.25, -0.2) is 0 Å². The molecule has 0 unspecified atom stereocenters. The lowest BCUT2D eigenvalue weighted by Crippen LogP contribution is -2.02. The van der Waals surface area contributed by atoms with E-state index in [1.165, 1.54) is 21.6 Å². The number of aryl methyl sites for hydroxylation is 1. The van der Waals surface area contributed by atoms with Crippen molar-refractivity contribution in [3.8, 4) is 0 Å². The molecule has 0 saturated carbocycles. The summed E-state index contributed by atoms with van der Waals surface area (Å²) in [5, 5.41) is 0. The molecule has 0 atom stereocenters. The molecule has 0 radical (unpaired) electrons. The molecule has 0 aliphatic rings. The molecule has 0 bridgehead atoms. The largest absolute Gasteiger partial charge is 0.330 e. The van der Waals surface area contributed by atoms with Crippen LogP contribution < -0.4 is 5.73 Å². The van der Waals surface area contributed by atoms with Gasteiger partial charge in [0.1, 0.15) is 0 Å². The van der Waals surface area contributed by atoms with Gasteiger partial charge in [-0.05, 0) is 48.7 Å². The van der Waals surface area contributed by atoms with Gasteiger partial charge in [0.15, 0.2) is 0 Å². The SMILES string of the molecule is Cc1ccccc1CSc1ccc(CCN)cc1. The third-order valence-corrected chi connectivity index (χ3v) is 4.07. The molecule has 0 aliphatic heterocycles. The zero-order valence-corrected chi connectivity index (χ0v) is 11.5. The van der Waals surface area contributed by atoms with Crippen molar-refractivity contribution >= 4 is 11.8 Å². The molecule has 2 N–H and O–H groups in total. The van der Waals surface area contributed by atoms with Crippen molar-refractivity contribution in [1.29, 1.82) is 0 Å². The second-order valence-corrected chi connectivity index (χ2v) is 5.45. The molecule has 2 aromatic rings. The molecule has 0 amide bonds. The van der Waals surface area contributed by atoms with Crippen molar-refractivity contribution in [3.05, 3.63) is 65.2 Å². The van der Waals surface area contributed by atoms with E-state index in [-0.39, 0.29) is 0 Å². The molecule has 2 rings (SSSR count). The summed E-state index contributed by atoms with van der Waals surface area (Å²) in [6.45, 7) is 2.88. The fraction of sp³-hybridized carbons (Fsp3) is 0.250. The van der Waals surface area contributed by atoms with E-state index in [2.05, 4.69) is 55.5 Å². The van der Waals surface area contributed by atoms with Crippen LogP contribution in [-0.4, -0.2) is 6.54 Å². The van der Waals surface area contributed by atoms with E-state index in [0.29, 0.717) is 0 Å². The molecule has 2 heteroatoms. The maximum Gasteiger partial charge on any atom is 0.0234 e. The van der Waals surface area contributed by atoms with Crippen molar-refractivity contribution in [3.63, 3.8) is 0 Å². The molecule has 94 valence electrons. The van der Waals surface area contributed by atoms with Crippen molar-refractivity contribution in [1.82, 2.24) is 0 Å². The van der Waals surface area contributed by atoms with Crippen molar-refractivity contribution in [2.45, 2.75) is 24.0 Å². The number of rotatable bonds is 5. The Morgan fingerprint density at radius 3 is 2.39 bits per heavy atom. The lowest BCUT2D eigenvalue weighted by molar-refractivity contribution is 0.966. The van der Waals surface area contributed by atoms with Crippen LogP contribution in [0.25, 0.3) is 0 Å². The summed E-state index contributed by atoms with van der Waals surface area (Å²) >= 11 is 1.88. The minimum atomic E-state index is 0.718. The van der Waals surface area contributed by atoms with Crippen LogP contribution in [0.2, 0.25) is 0 Å². The minimum absolute atomic E-state index is 0.718. The molecule has 0 aromatic heterocycles. The number of nitrogens with two attached hydrogens (primary N) is 1. The van der Waals surface area contributed by atoms with Gasteiger partial charge in [0, 0.05) is 10.6 Å². The van der Waals surface area contributed by atoms with Gasteiger partial charge in [-0.3, -0.25) is 0 Å². The molecule has 0 heterocycles. The first-order valence-electron chi connectivity index (χ1n) is 6.26. The average Bonchev–Trinajstić information content (AvgIpc) is 2.40. The Balaban J connectivity index is 1.96. The van der Waals surface area contributed by atoms with E-state index in [9.17, 15) is 0 Å². The van der Waals surface area contributed by atoms with Crippen molar-refractivity contribution in [2.24, 2.45) is 5.73 Å². The average molecular weight is 257 g/mol. The highest BCUT2D eigenvalue weighted by atomic mass is 32.2. The van der Waals surface area contributed by atoms with Gasteiger partial charge in [0.05, 0.1) is 0 Å².